The molecule has 76 valence electrons. The van der Waals surface area contributed by atoms with E-state index in [-0.39, 0.29) is 10.7 Å². The molecule has 1 unspecified atom stereocenters. The Morgan fingerprint density at radius 2 is 2.08 bits per heavy atom. The number of halogens is 1. The van der Waals surface area contributed by atoms with Crippen molar-refractivity contribution in [3.05, 3.63) is 0 Å². The Balaban J connectivity index is 2.24. The van der Waals surface area contributed by atoms with Crippen molar-refractivity contribution in [2.24, 2.45) is 11.3 Å². The number of hydrogen-bond donors (Lipinski definition) is 1. The summed E-state index contributed by atoms with van der Waals surface area (Å²) in [5, 5.41) is 2.98. The highest BCUT2D eigenvalue weighted by Gasteiger charge is 2.37. The van der Waals surface area contributed by atoms with E-state index in [9.17, 15) is 4.79 Å². The predicted molar refractivity (Wildman–Crippen MR) is 57.9 cm³/mol. The van der Waals surface area contributed by atoms with Crippen LogP contribution in [0.4, 0.5) is 0 Å². The molecule has 13 heavy (non-hydrogen) atoms. The van der Waals surface area contributed by atoms with Crippen LogP contribution in [0.25, 0.3) is 0 Å². The summed E-state index contributed by atoms with van der Waals surface area (Å²) >= 11 is 3.38. The van der Waals surface area contributed by atoms with Crippen molar-refractivity contribution >= 4 is 21.8 Å². The lowest BCUT2D eigenvalue weighted by Crippen LogP contribution is -2.36. The molecule has 1 atom stereocenters. The lowest BCUT2D eigenvalue weighted by Gasteiger charge is -2.15. The molecule has 0 aromatic carbocycles. The maximum Gasteiger partial charge on any atom is 0.234 e. The molecule has 0 saturated heterocycles. The molecule has 1 fully saturated rings. The van der Waals surface area contributed by atoms with Crippen molar-refractivity contribution in [2.75, 3.05) is 6.54 Å². The van der Waals surface area contributed by atoms with Gasteiger partial charge in [0.25, 0.3) is 0 Å². The second kappa shape index (κ2) is 3.99. The highest BCUT2D eigenvalue weighted by atomic mass is 79.9. The number of alkyl halides is 1. The highest BCUT2D eigenvalue weighted by Crippen LogP contribution is 2.44. The third kappa shape index (κ3) is 3.29. The van der Waals surface area contributed by atoms with E-state index in [1.165, 1.54) is 12.8 Å². The average Bonchev–Trinajstić information content (AvgIpc) is 2.79. The van der Waals surface area contributed by atoms with Gasteiger partial charge in [-0.25, -0.2) is 0 Å². The minimum absolute atomic E-state index is 0.0464. The average molecular weight is 248 g/mol. The summed E-state index contributed by atoms with van der Waals surface area (Å²) in [6.45, 7) is 7.13. The van der Waals surface area contributed by atoms with Gasteiger partial charge in [-0.15, -0.1) is 0 Å². The molecule has 0 aliphatic heterocycles. The van der Waals surface area contributed by atoms with Crippen LogP contribution in [0.2, 0.25) is 0 Å². The second-order valence-corrected chi connectivity index (χ2v) is 5.66. The molecule has 1 aliphatic rings. The van der Waals surface area contributed by atoms with E-state index < -0.39 is 0 Å². The fourth-order valence-electron chi connectivity index (χ4n) is 1.09. The number of nitrogens with one attached hydrogen (secondary N) is 1. The maximum absolute atomic E-state index is 11.5. The maximum atomic E-state index is 11.5. The lowest BCUT2D eigenvalue weighted by atomic mass is 10.1. The zero-order valence-corrected chi connectivity index (χ0v) is 10.1. The van der Waals surface area contributed by atoms with Crippen molar-refractivity contribution in [3.63, 3.8) is 0 Å². The van der Waals surface area contributed by atoms with Crippen molar-refractivity contribution in [3.8, 4) is 0 Å². The van der Waals surface area contributed by atoms with Crippen LogP contribution in [0.15, 0.2) is 0 Å². The summed E-state index contributed by atoms with van der Waals surface area (Å²) in [6, 6.07) is 0. The van der Waals surface area contributed by atoms with Gasteiger partial charge in [-0.3, -0.25) is 4.79 Å². The van der Waals surface area contributed by atoms with E-state index >= 15 is 0 Å². The Kier molecular flexibility index (Phi) is 3.38. The molecule has 1 N–H and O–H groups in total. The van der Waals surface area contributed by atoms with Gasteiger partial charge in [-0.05, 0) is 24.2 Å². The minimum atomic E-state index is -0.0464. The first-order chi connectivity index (χ1) is 5.94. The molecule has 0 aromatic rings. The van der Waals surface area contributed by atoms with Crippen molar-refractivity contribution in [1.82, 2.24) is 5.32 Å². The Bertz CT molecular complexity index is 199. The van der Waals surface area contributed by atoms with E-state index in [4.69, 9.17) is 0 Å². The first kappa shape index (κ1) is 11.0. The summed E-state index contributed by atoms with van der Waals surface area (Å²) in [5.41, 5.74) is 0.402. The Hall–Kier alpha value is -0.0500. The van der Waals surface area contributed by atoms with Crippen LogP contribution in [-0.2, 0) is 4.79 Å². The fraction of sp³-hybridized carbons (Fsp3) is 0.900. The van der Waals surface area contributed by atoms with Crippen LogP contribution >= 0.6 is 15.9 Å². The SMILES string of the molecule is CC(C)C(Br)C(=O)NCC1(C)CC1. The number of carbonyl (C=O) groups excluding carboxylic acids is 1. The molecule has 0 spiro atoms. The third-order valence-electron chi connectivity index (χ3n) is 2.63. The summed E-state index contributed by atoms with van der Waals surface area (Å²) in [4.78, 5) is 11.5. The third-order valence-corrected chi connectivity index (χ3v) is 4.10. The molecule has 0 heterocycles. The van der Waals surface area contributed by atoms with Crippen molar-refractivity contribution in [2.45, 2.75) is 38.4 Å². The molecule has 0 aromatic heterocycles. The second-order valence-electron chi connectivity index (χ2n) is 4.67. The van der Waals surface area contributed by atoms with Crippen LogP contribution in [0.3, 0.4) is 0 Å². The van der Waals surface area contributed by atoms with Gasteiger partial charge in [0.1, 0.15) is 0 Å². The van der Waals surface area contributed by atoms with Crippen LogP contribution in [0.1, 0.15) is 33.6 Å². The van der Waals surface area contributed by atoms with E-state index in [1.807, 2.05) is 13.8 Å². The molecule has 2 nitrogen and oxygen atoms in total. The Morgan fingerprint density at radius 1 is 1.54 bits per heavy atom. The molecule has 1 rings (SSSR count). The quantitative estimate of drug-likeness (QED) is 0.760. The first-order valence-electron chi connectivity index (χ1n) is 4.86. The van der Waals surface area contributed by atoms with E-state index in [1.54, 1.807) is 0 Å². The summed E-state index contributed by atoms with van der Waals surface area (Å²) in [5.74, 6) is 0.482. The van der Waals surface area contributed by atoms with Crippen LogP contribution < -0.4 is 5.32 Å². The van der Waals surface area contributed by atoms with Crippen LogP contribution in [0.5, 0.6) is 0 Å². The monoisotopic (exact) mass is 247 g/mol. The van der Waals surface area contributed by atoms with Gasteiger partial charge in [0.2, 0.25) is 5.91 Å². The Labute approximate surface area is 88.6 Å². The molecule has 0 radical (unpaired) electrons. The van der Waals surface area contributed by atoms with Gasteiger partial charge in [0.05, 0.1) is 4.83 Å². The smallest absolute Gasteiger partial charge is 0.234 e. The van der Waals surface area contributed by atoms with E-state index in [0.717, 1.165) is 6.54 Å². The summed E-state index contributed by atoms with van der Waals surface area (Å²) < 4.78 is 0. The molecular formula is C10H18BrNO. The zero-order valence-electron chi connectivity index (χ0n) is 8.56. The first-order valence-corrected chi connectivity index (χ1v) is 5.78. The minimum Gasteiger partial charge on any atom is -0.355 e. The standard InChI is InChI=1S/C10H18BrNO/c1-7(2)8(11)9(13)12-6-10(3)4-5-10/h7-8H,4-6H2,1-3H3,(H,12,13). The van der Waals surface area contributed by atoms with E-state index in [2.05, 4.69) is 28.2 Å². The summed E-state index contributed by atoms with van der Waals surface area (Å²) in [7, 11) is 0. The number of hydrogen-bond acceptors (Lipinski definition) is 1. The normalized spacial score (nSPS) is 21.3. The molecule has 1 amide bonds. The van der Waals surface area contributed by atoms with Gasteiger partial charge in [0.15, 0.2) is 0 Å². The Morgan fingerprint density at radius 3 is 2.46 bits per heavy atom. The highest BCUT2D eigenvalue weighted by molar-refractivity contribution is 9.10. The van der Waals surface area contributed by atoms with Gasteiger partial charge >= 0.3 is 0 Å². The van der Waals surface area contributed by atoms with Crippen molar-refractivity contribution in [1.29, 1.82) is 0 Å². The van der Waals surface area contributed by atoms with Crippen LogP contribution in [-0.4, -0.2) is 17.3 Å². The molecule has 0 bridgehead atoms. The fourth-order valence-corrected chi connectivity index (χ4v) is 1.25. The molecule has 1 saturated carbocycles. The van der Waals surface area contributed by atoms with Crippen LogP contribution in [0, 0.1) is 11.3 Å². The van der Waals surface area contributed by atoms with E-state index in [0.29, 0.717) is 11.3 Å². The lowest BCUT2D eigenvalue weighted by molar-refractivity contribution is -0.121. The number of carbonyl (C=O) groups is 1. The zero-order chi connectivity index (χ0) is 10.1. The molecule has 3 heteroatoms. The molecular weight excluding hydrogens is 230 g/mol. The molecule has 1 aliphatic carbocycles. The van der Waals surface area contributed by atoms with Gasteiger partial charge in [-0.2, -0.15) is 0 Å². The number of rotatable bonds is 4. The number of amides is 1. The van der Waals surface area contributed by atoms with Gasteiger partial charge in [0, 0.05) is 6.54 Å². The largest absolute Gasteiger partial charge is 0.355 e. The van der Waals surface area contributed by atoms with Gasteiger partial charge < -0.3 is 5.32 Å². The predicted octanol–water partition coefficient (Wildman–Crippen LogP) is 2.32. The van der Waals surface area contributed by atoms with Gasteiger partial charge in [-0.1, -0.05) is 36.7 Å². The summed E-state index contributed by atoms with van der Waals surface area (Å²) in [6.07, 6.45) is 2.50. The topological polar surface area (TPSA) is 29.1 Å². The van der Waals surface area contributed by atoms with Crippen molar-refractivity contribution < 1.29 is 4.79 Å².